The van der Waals surface area contributed by atoms with Crippen LogP contribution in [-0.4, -0.2) is 17.3 Å². The lowest BCUT2D eigenvalue weighted by Crippen LogP contribution is -2.32. The summed E-state index contributed by atoms with van der Waals surface area (Å²) in [4.78, 5) is 0. The molecule has 0 spiro atoms. The van der Waals surface area contributed by atoms with Gasteiger partial charge in [0.1, 0.15) is 0 Å². The number of hydrogen-bond donors (Lipinski definition) is 2. The standard InChI is InChI=1S/C15H25NO/c1-10(2)13-5-7-14(8-6-13)11(3)9-15(17)12(4)16/h5-8,10-12,15,17H,9,16H2,1-4H3. The fourth-order valence-electron chi connectivity index (χ4n) is 1.92. The molecule has 1 aromatic rings. The predicted molar refractivity (Wildman–Crippen MR) is 73.2 cm³/mol. The third-order valence-corrected chi connectivity index (χ3v) is 3.37. The van der Waals surface area contributed by atoms with Gasteiger partial charge in [-0.05, 0) is 36.3 Å². The van der Waals surface area contributed by atoms with E-state index in [4.69, 9.17) is 5.73 Å². The van der Waals surface area contributed by atoms with Crippen molar-refractivity contribution in [1.29, 1.82) is 0 Å². The summed E-state index contributed by atoms with van der Waals surface area (Å²) < 4.78 is 0. The van der Waals surface area contributed by atoms with Crippen LogP contribution in [0, 0.1) is 0 Å². The summed E-state index contributed by atoms with van der Waals surface area (Å²) in [7, 11) is 0. The Hall–Kier alpha value is -0.860. The normalized spacial score (nSPS) is 16.9. The summed E-state index contributed by atoms with van der Waals surface area (Å²) in [5.74, 6) is 0.909. The molecule has 0 aliphatic rings. The van der Waals surface area contributed by atoms with Gasteiger partial charge in [-0.25, -0.2) is 0 Å². The highest BCUT2D eigenvalue weighted by Gasteiger charge is 2.15. The zero-order valence-corrected chi connectivity index (χ0v) is 11.4. The number of benzene rings is 1. The number of aliphatic hydroxyl groups excluding tert-OH is 1. The minimum Gasteiger partial charge on any atom is -0.392 e. The molecule has 0 saturated heterocycles. The predicted octanol–water partition coefficient (Wildman–Crippen LogP) is 3.01. The van der Waals surface area contributed by atoms with Gasteiger partial charge in [-0.3, -0.25) is 0 Å². The van der Waals surface area contributed by atoms with E-state index in [1.165, 1.54) is 11.1 Å². The second-order valence-corrected chi connectivity index (χ2v) is 5.38. The molecule has 0 saturated carbocycles. The molecule has 1 rings (SSSR count). The quantitative estimate of drug-likeness (QED) is 0.824. The molecule has 0 aliphatic heterocycles. The van der Waals surface area contributed by atoms with E-state index >= 15 is 0 Å². The number of rotatable bonds is 5. The molecule has 3 unspecified atom stereocenters. The van der Waals surface area contributed by atoms with E-state index in [1.54, 1.807) is 0 Å². The van der Waals surface area contributed by atoms with Crippen LogP contribution in [0.5, 0.6) is 0 Å². The summed E-state index contributed by atoms with van der Waals surface area (Å²) in [5.41, 5.74) is 8.30. The van der Waals surface area contributed by atoms with Crippen molar-refractivity contribution < 1.29 is 5.11 Å². The Balaban J connectivity index is 2.66. The molecule has 2 heteroatoms. The minimum atomic E-state index is -0.422. The first-order valence-electron chi connectivity index (χ1n) is 6.45. The summed E-state index contributed by atoms with van der Waals surface area (Å²) >= 11 is 0. The molecule has 0 bridgehead atoms. The van der Waals surface area contributed by atoms with Gasteiger partial charge in [-0.2, -0.15) is 0 Å². The van der Waals surface area contributed by atoms with Crippen LogP contribution >= 0.6 is 0 Å². The molecule has 0 amide bonds. The van der Waals surface area contributed by atoms with E-state index in [-0.39, 0.29) is 6.04 Å². The fourth-order valence-corrected chi connectivity index (χ4v) is 1.92. The van der Waals surface area contributed by atoms with E-state index in [0.717, 1.165) is 6.42 Å². The maximum absolute atomic E-state index is 9.78. The molecule has 0 fully saturated rings. The van der Waals surface area contributed by atoms with Gasteiger partial charge in [-0.15, -0.1) is 0 Å². The van der Waals surface area contributed by atoms with Crippen molar-refractivity contribution in [3.05, 3.63) is 35.4 Å². The van der Waals surface area contributed by atoms with Crippen LogP contribution < -0.4 is 5.73 Å². The topological polar surface area (TPSA) is 46.2 Å². The van der Waals surface area contributed by atoms with Gasteiger partial charge in [0.15, 0.2) is 0 Å². The molecule has 96 valence electrons. The maximum atomic E-state index is 9.78. The number of nitrogens with two attached hydrogens (primary N) is 1. The molecule has 0 heterocycles. The zero-order valence-electron chi connectivity index (χ0n) is 11.4. The SMILES string of the molecule is CC(C)c1ccc(C(C)CC(O)C(C)N)cc1. The Kier molecular flexibility index (Phi) is 5.16. The van der Waals surface area contributed by atoms with Crippen LogP contribution in [0.2, 0.25) is 0 Å². The lowest BCUT2D eigenvalue weighted by Gasteiger charge is -2.20. The third-order valence-electron chi connectivity index (χ3n) is 3.37. The van der Waals surface area contributed by atoms with E-state index in [0.29, 0.717) is 11.8 Å². The molecule has 0 aromatic heterocycles. The van der Waals surface area contributed by atoms with Crippen LogP contribution in [0.1, 0.15) is 57.1 Å². The lowest BCUT2D eigenvalue weighted by molar-refractivity contribution is 0.134. The highest BCUT2D eigenvalue weighted by molar-refractivity contribution is 5.26. The average molecular weight is 235 g/mol. The highest BCUT2D eigenvalue weighted by atomic mass is 16.3. The smallest absolute Gasteiger partial charge is 0.0694 e. The number of hydrogen-bond acceptors (Lipinski definition) is 2. The van der Waals surface area contributed by atoms with Crippen molar-refractivity contribution in [2.24, 2.45) is 5.73 Å². The Bertz CT molecular complexity index is 329. The summed E-state index contributed by atoms with van der Waals surface area (Å²) in [6.45, 7) is 8.37. The van der Waals surface area contributed by atoms with Crippen LogP contribution in [0.15, 0.2) is 24.3 Å². The molecule has 0 radical (unpaired) electrons. The Labute approximate surface area is 105 Å². The van der Waals surface area contributed by atoms with Crippen LogP contribution in [0.3, 0.4) is 0 Å². The number of aliphatic hydroxyl groups is 1. The summed E-state index contributed by atoms with van der Waals surface area (Å²) in [6.07, 6.45) is 0.299. The zero-order chi connectivity index (χ0) is 13.0. The first kappa shape index (κ1) is 14.2. The van der Waals surface area contributed by atoms with Crippen molar-refractivity contribution in [1.82, 2.24) is 0 Å². The van der Waals surface area contributed by atoms with Crippen LogP contribution in [-0.2, 0) is 0 Å². The molecular formula is C15H25NO. The van der Waals surface area contributed by atoms with E-state index in [1.807, 2.05) is 6.92 Å². The summed E-state index contributed by atoms with van der Waals surface area (Å²) in [6, 6.07) is 8.51. The molecule has 17 heavy (non-hydrogen) atoms. The van der Waals surface area contributed by atoms with E-state index < -0.39 is 6.10 Å². The van der Waals surface area contributed by atoms with Gasteiger partial charge in [-0.1, -0.05) is 45.0 Å². The average Bonchev–Trinajstić information content (AvgIpc) is 2.28. The minimum absolute atomic E-state index is 0.160. The molecule has 3 N–H and O–H groups in total. The molecule has 2 nitrogen and oxygen atoms in total. The van der Waals surface area contributed by atoms with Crippen molar-refractivity contribution in [2.45, 2.75) is 58.1 Å². The van der Waals surface area contributed by atoms with Gasteiger partial charge in [0.2, 0.25) is 0 Å². The lowest BCUT2D eigenvalue weighted by atomic mass is 9.91. The highest BCUT2D eigenvalue weighted by Crippen LogP contribution is 2.23. The van der Waals surface area contributed by atoms with Crippen LogP contribution in [0.4, 0.5) is 0 Å². The monoisotopic (exact) mass is 235 g/mol. The first-order valence-corrected chi connectivity index (χ1v) is 6.45. The van der Waals surface area contributed by atoms with E-state index in [2.05, 4.69) is 45.0 Å². The molecular weight excluding hydrogens is 210 g/mol. The Morgan fingerprint density at radius 1 is 1.00 bits per heavy atom. The Morgan fingerprint density at radius 2 is 1.47 bits per heavy atom. The van der Waals surface area contributed by atoms with Gasteiger partial charge in [0, 0.05) is 6.04 Å². The maximum Gasteiger partial charge on any atom is 0.0694 e. The van der Waals surface area contributed by atoms with E-state index in [9.17, 15) is 5.11 Å². The first-order chi connectivity index (χ1) is 7.91. The van der Waals surface area contributed by atoms with Gasteiger partial charge in [0.05, 0.1) is 6.10 Å². The van der Waals surface area contributed by atoms with Crippen molar-refractivity contribution >= 4 is 0 Å². The van der Waals surface area contributed by atoms with Gasteiger partial charge in [0.25, 0.3) is 0 Å². The van der Waals surface area contributed by atoms with Crippen molar-refractivity contribution in [3.63, 3.8) is 0 Å². The van der Waals surface area contributed by atoms with Crippen molar-refractivity contribution in [3.8, 4) is 0 Å². The molecule has 1 aromatic carbocycles. The summed E-state index contributed by atoms with van der Waals surface area (Å²) in [5, 5.41) is 9.78. The Morgan fingerprint density at radius 3 is 1.88 bits per heavy atom. The van der Waals surface area contributed by atoms with Crippen molar-refractivity contribution in [2.75, 3.05) is 0 Å². The van der Waals surface area contributed by atoms with Crippen LogP contribution in [0.25, 0.3) is 0 Å². The molecule has 0 aliphatic carbocycles. The van der Waals surface area contributed by atoms with Gasteiger partial charge >= 0.3 is 0 Å². The third kappa shape index (κ3) is 4.14. The van der Waals surface area contributed by atoms with Gasteiger partial charge < -0.3 is 10.8 Å². The second kappa shape index (κ2) is 6.18. The second-order valence-electron chi connectivity index (χ2n) is 5.38. The largest absolute Gasteiger partial charge is 0.392 e. The molecule has 3 atom stereocenters. The fraction of sp³-hybridized carbons (Fsp3) is 0.600.